The van der Waals surface area contributed by atoms with Crippen molar-refractivity contribution < 1.29 is 8.42 Å². The average Bonchev–Trinajstić information content (AvgIpc) is 2.66. The van der Waals surface area contributed by atoms with Crippen LogP contribution in [0.3, 0.4) is 0 Å². The maximum Gasteiger partial charge on any atom is 0.240 e. The van der Waals surface area contributed by atoms with Crippen molar-refractivity contribution in [3.8, 4) is 0 Å². The lowest BCUT2D eigenvalue weighted by atomic mass is 10.1. The van der Waals surface area contributed by atoms with Crippen molar-refractivity contribution in [2.45, 2.75) is 31.3 Å². The molecule has 10 heteroatoms. The van der Waals surface area contributed by atoms with Crippen LogP contribution in [0.2, 0.25) is 10.0 Å². The van der Waals surface area contributed by atoms with Crippen LogP contribution in [0.25, 0.3) is 0 Å². The minimum absolute atomic E-state index is 0. The number of halogens is 3. The molecule has 0 aliphatic heterocycles. The van der Waals surface area contributed by atoms with Crippen molar-refractivity contribution in [1.29, 1.82) is 0 Å². The Bertz CT molecular complexity index is 955. The number of nitrogens with zero attached hydrogens (tertiary/aromatic N) is 1. The van der Waals surface area contributed by atoms with E-state index in [1.54, 1.807) is 30.3 Å². The Labute approximate surface area is 199 Å². The van der Waals surface area contributed by atoms with Gasteiger partial charge in [-0.1, -0.05) is 41.4 Å². The number of nitrogens with one attached hydrogen (secondary N) is 3. The summed E-state index contributed by atoms with van der Waals surface area (Å²) >= 11 is 12.2. The van der Waals surface area contributed by atoms with Crippen LogP contribution in [0.15, 0.2) is 52.4 Å². The number of aliphatic imine (C=N–C) groups is 1. The molecule has 2 rings (SSSR count). The van der Waals surface area contributed by atoms with E-state index in [4.69, 9.17) is 23.2 Å². The highest BCUT2D eigenvalue weighted by atomic mass is 127. The largest absolute Gasteiger partial charge is 0.357 e. The van der Waals surface area contributed by atoms with Crippen molar-refractivity contribution in [2.75, 3.05) is 13.6 Å². The first-order valence-electron chi connectivity index (χ1n) is 8.79. The van der Waals surface area contributed by atoms with Crippen LogP contribution >= 0.6 is 47.2 Å². The Morgan fingerprint density at radius 3 is 2.52 bits per heavy atom. The Morgan fingerprint density at radius 2 is 1.90 bits per heavy atom. The van der Waals surface area contributed by atoms with Crippen molar-refractivity contribution in [3.05, 3.63) is 63.6 Å². The van der Waals surface area contributed by atoms with E-state index in [-0.39, 0.29) is 34.9 Å². The molecule has 0 amide bonds. The van der Waals surface area contributed by atoms with E-state index in [0.29, 0.717) is 29.1 Å². The molecule has 0 radical (unpaired) electrons. The molecule has 29 heavy (non-hydrogen) atoms. The molecule has 0 aliphatic rings. The van der Waals surface area contributed by atoms with Crippen LogP contribution < -0.4 is 15.4 Å². The van der Waals surface area contributed by atoms with E-state index < -0.39 is 10.0 Å². The smallest absolute Gasteiger partial charge is 0.240 e. The fraction of sp³-hybridized carbons (Fsp3) is 0.316. The molecule has 0 saturated carbocycles. The summed E-state index contributed by atoms with van der Waals surface area (Å²) < 4.78 is 26.2. The van der Waals surface area contributed by atoms with Crippen molar-refractivity contribution in [1.82, 2.24) is 15.4 Å². The van der Waals surface area contributed by atoms with Crippen molar-refractivity contribution in [2.24, 2.45) is 4.99 Å². The summed E-state index contributed by atoms with van der Waals surface area (Å²) in [7, 11) is -2.10. The van der Waals surface area contributed by atoms with Gasteiger partial charge in [0.15, 0.2) is 5.96 Å². The van der Waals surface area contributed by atoms with E-state index in [2.05, 4.69) is 20.3 Å². The fourth-order valence-electron chi connectivity index (χ4n) is 2.55. The number of hydrogen-bond acceptors (Lipinski definition) is 3. The summed E-state index contributed by atoms with van der Waals surface area (Å²) in [6, 6.07) is 12.0. The van der Waals surface area contributed by atoms with Gasteiger partial charge in [0.2, 0.25) is 10.0 Å². The monoisotopic (exact) mass is 570 g/mol. The molecule has 0 heterocycles. The van der Waals surface area contributed by atoms with E-state index in [9.17, 15) is 8.42 Å². The molecule has 2 aromatic carbocycles. The van der Waals surface area contributed by atoms with E-state index >= 15 is 0 Å². The zero-order valence-electron chi connectivity index (χ0n) is 16.4. The highest BCUT2D eigenvalue weighted by Crippen LogP contribution is 2.26. The highest BCUT2D eigenvalue weighted by molar-refractivity contribution is 14.0. The van der Waals surface area contributed by atoms with Gasteiger partial charge in [-0.2, -0.15) is 0 Å². The predicted molar refractivity (Wildman–Crippen MR) is 131 cm³/mol. The quantitative estimate of drug-likeness (QED) is 0.263. The van der Waals surface area contributed by atoms with Gasteiger partial charge in [-0.25, -0.2) is 18.1 Å². The number of hydrogen-bond donors (Lipinski definition) is 3. The zero-order valence-corrected chi connectivity index (χ0v) is 21.0. The Morgan fingerprint density at radius 1 is 1.17 bits per heavy atom. The van der Waals surface area contributed by atoms with E-state index in [1.807, 2.05) is 26.0 Å². The number of guanidine groups is 1. The minimum atomic E-state index is -3.49. The maximum absolute atomic E-state index is 12.0. The third kappa shape index (κ3) is 7.60. The topological polar surface area (TPSA) is 82.6 Å². The van der Waals surface area contributed by atoms with Gasteiger partial charge in [-0.3, -0.25) is 0 Å². The molecule has 2 aromatic rings. The average molecular weight is 571 g/mol. The third-order valence-corrected chi connectivity index (χ3v) is 6.00. The van der Waals surface area contributed by atoms with Crippen LogP contribution in [-0.4, -0.2) is 28.0 Å². The summed E-state index contributed by atoms with van der Waals surface area (Å²) in [5.74, 6) is 0.600. The summed E-state index contributed by atoms with van der Waals surface area (Å²) in [6.45, 7) is 4.95. The lowest BCUT2D eigenvalue weighted by Crippen LogP contribution is -2.38. The number of sulfonamides is 1. The molecule has 0 fully saturated rings. The van der Waals surface area contributed by atoms with E-state index in [0.717, 1.165) is 11.1 Å². The van der Waals surface area contributed by atoms with Gasteiger partial charge in [0.25, 0.3) is 0 Å². The predicted octanol–water partition coefficient (Wildman–Crippen LogP) is 4.34. The SMILES string of the molecule is CCNC(=NCc1cccc(S(=O)(=O)NC)c1)NC(C)c1ccc(Cl)cc1Cl.I. The van der Waals surface area contributed by atoms with Gasteiger partial charge in [0.1, 0.15) is 0 Å². The Balaban J connectivity index is 0.00000420. The maximum atomic E-state index is 12.0. The molecule has 1 unspecified atom stereocenters. The van der Waals surface area contributed by atoms with Crippen molar-refractivity contribution >= 4 is 63.2 Å². The molecule has 0 aliphatic carbocycles. The molecule has 6 nitrogen and oxygen atoms in total. The molecule has 1 atom stereocenters. The molecule has 0 aromatic heterocycles. The minimum Gasteiger partial charge on any atom is -0.357 e. The highest BCUT2D eigenvalue weighted by Gasteiger charge is 2.13. The van der Waals surface area contributed by atoms with Gasteiger partial charge in [-0.15, -0.1) is 24.0 Å². The van der Waals surface area contributed by atoms with E-state index in [1.165, 1.54) is 7.05 Å². The zero-order chi connectivity index (χ0) is 20.7. The van der Waals surface area contributed by atoms with Crippen LogP contribution in [0.1, 0.15) is 31.0 Å². The molecule has 3 N–H and O–H groups in total. The van der Waals surface area contributed by atoms with Crippen LogP contribution in [0, 0.1) is 0 Å². The van der Waals surface area contributed by atoms with Crippen LogP contribution in [0.4, 0.5) is 0 Å². The first kappa shape index (κ1) is 26.0. The van der Waals surface area contributed by atoms with Gasteiger partial charge in [-0.05, 0) is 56.3 Å². The Kier molecular flexibility index (Phi) is 10.7. The first-order valence-corrected chi connectivity index (χ1v) is 11.0. The lowest BCUT2D eigenvalue weighted by Gasteiger charge is -2.19. The van der Waals surface area contributed by atoms with Gasteiger partial charge in [0, 0.05) is 16.6 Å². The van der Waals surface area contributed by atoms with Gasteiger partial charge >= 0.3 is 0 Å². The summed E-state index contributed by atoms with van der Waals surface area (Å²) in [5, 5.41) is 7.64. The first-order chi connectivity index (χ1) is 13.3. The summed E-state index contributed by atoms with van der Waals surface area (Å²) in [5.41, 5.74) is 1.68. The molecule has 0 bridgehead atoms. The summed E-state index contributed by atoms with van der Waals surface area (Å²) in [6.07, 6.45) is 0. The second-order valence-corrected chi connectivity index (χ2v) is 8.81. The second kappa shape index (κ2) is 11.9. The van der Waals surface area contributed by atoms with Crippen LogP contribution in [0.5, 0.6) is 0 Å². The molecule has 160 valence electrons. The molecule has 0 spiro atoms. The molecular weight excluding hydrogens is 546 g/mol. The third-order valence-electron chi connectivity index (χ3n) is 4.02. The number of rotatable bonds is 7. The van der Waals surface area contributed by atoms with Crippen molar-refractivity contribution in [3.63, 3.8) is 0 Å². The Hall–Kier alpha value is -1.07. The molecular formula is C19H25Cl2IN4O2S. The second-order valence-electron chi connectivity index (χ2n) is 6.08. The van der Waals surface area contributed by atoms with Gasteiger partial charge < -0.3 is 10.6 Å². The summed E-state index contributed by atoms with van der Waals surface area (Å²) in [4.78, 5) is 4.77. The van der Waals surface area contributed by atoms with Crippen LogP contribution in [-0.2, 0) is 16.6 Å². The number of benzene rings is 2. The van der Waals surface area contributed by atoms with Gasteiger partial charge in [0.05, 0.1) is 17.5 Å². The standard InChI is InChI=1S/C19H24Cl2N4O2S.HI/c1-4-23-19(25-13(2)17-9-8-15(20)11-18(17)21)24-12-14-6-5-7-16(10-14)28(26,27)22-3;/h5-11,13,22H,4,12H2,1-3H3,(H2,23,24,25);1H. The fourth-order valence-corrected chi connectivity index (χ4v) is 3.93. The normalized spacial score (nSPS) is 12.8. The lowest BCUT2D eigenvalue weighted by molar-refractivity contribution is 0.588. The molecule has 0 saturated heterocycles.